The number of nitrogens with zero attached hydrogens (tertiary/aromatic N) is 1. The van der Waals surface area contributed by atoms with Crippen LogP contribution in [0.2, 0.25) is 0 Å². The van der Waals surface area contributed by atoms with Crippen LogP contribution in [0.3, 0.4) is 0 Å². The zero-order valence-corrected chi connectivity index (χ0v) is 15.4. The summed E-state index contributed by atoms with van der Waals surface area (Å²) >= 11 is 0. The maximum absolute atomic E-state index is 13.6. The largest absolute Gasteiger partial charge is 0.387 e. The molecule has 3 heteroatoms. The summed E-state index contributed by atoms with van der Waals surface area (Å²) < 4.78 is 0. The van der Waals surface area contributed by atoms with Crippen LogP contribution in [0.25, 0.3) is 0 Å². The van der Waals surface area contributed by atoms with E-state index in [1.807, 2.05) is 84.9 Å². The molecule has 0 saturated heterocycles. The minimum Gasteiger partial charge on any atom is -0.387 e. The van der Waals surface area contributed by atoms with Gasteiger partial charge in [0.25, 0.3) is 0 Å². The van der Waals surface area contributed by atoms with Crippen molar-refractivity contribution in [1.82, 2.24) is 0 Å². The molecule has 0 saturated carbocycles. The predicted octanol–water partition coefficient (Wildman–Crippen LogP) is 4.17. The second-order valence-electron chi connectivity index (χ2n) is 7.31. The normalized spacial score (nSPS) is 18.2. The van der Waals surface area contributed by atoms with E-state index in [0.29, 0.717) is 12.8 Å². The standard InChI is InChI=1S/C24H23NO2/c1-25-21-15-9-8-14-20(21)22(26)24(23(25)27,16-18-10-4-2-5-11-18)17-19-12-6-3-7-13-19/h2-15,22,26H,16-17H2,1H3. The van der Waals surface area contributed by atoms with Crippen LogP contribution in [-0.2, 0) is 17.6 Å². The van der Waals surface area contributed by atoms with Crippen molar-refractivity contribution < 1.29 is 9.90 Å². The third-order valence-corrected chi connectivity index (χ3v) is 5.57. The van der Waals surface area contributed by atoms with Crippen LogP contribution in [-0.4, -0.2) is 18.1 Å². The molecule has 0 radical (unpaired) electrons. The first-order valence-corrected chi connectivity index (χ1v) is 9.25. The number of aliphatic hydroxyl groups excluding tert-OH is 1. The lowest BCUT2D eigenvalue weighted by Crippen LogP contribution is -2.52. The molecule has 3 aromatic carbocycles. The van der Waals surface area contributed by atoms with Gasteiger partial charge >= 0.3 is 0 Å². The van der Waals surface area contributed by atoms with Crippen LogP contribution in [0.15, 0.2) is 84.9 Å². The fourth-order valence-corrected chi connectivity index (χ4v) is 4.21. The van der Waals surface area contributed by atoms with Gasteiger partial charge in [-0.05, 0) is 30.0 Å². The van der Waals surface area contributed by atoms with Gasteiger partial charge in [-0.2, -0.15) is 0 Å². The molecule has 136 valence electrons. The lowest BCUT2D eigenvalue weighted by atomic mass is 9.67. The molecular weight excluding hydrogens is 334 g/mol. The lowest BCUT2D eigenvalue weighted by molar-refractivity contribution is -0.136. The number of hydrogen-bond donors (Lipinski definition) is 1. The van der Waals surface area contributed by atoms with Crippen LogP contribution in [0.1, 0.15) is 22.8 Å². The second kappa shape index (κ2) is 7.01. The third kappa shape index (κ3) is 3.04. The molecule has 1 unspecified atom stereocenters. The number of aliphatic hydroxyl groups is 1. The van der Waals surface area contributed by atoms with Crippen molar-refractivity contribution in [2.75, 3.05) is 11.9 Å². The molecule has 0 bridgehead atoms. The Morgan fingerprint density at radius 2 is 1.30 bits per heavy atom. The first-order chi connectivity index (χ1) is 13.1. The van der Waals surface area contributed by atoms with Gasteiger partial charge in [-0.1, -0.05) is 78.9 Å². The van der Waals surface area contributed by atoms with Crippen LogP contribution < -0.4 is 4.90 Å². The smallest absolute Gasteiger partial charge is 0.236 e. The fraction of sp³-hybridized carbons (Fsp3) is 0.208. The number of fused-ring (bicyclic) bond motifs is 1. The maximum Gasteiger partial charge on any atom is 0.236 e. The minimum atomic E-state index is -0.939. The van der Waals surface area contributed by atoms with Gasteiger partial charge in [-0.15, -0.1) is 0 Å². The van der Waals surface area contributed by atoms with E-state index in [2.05, 4.69) is 0 Å². The summed E-state index contributed by atoms with van der Waals surface area (Å²) in [6, 6.07) is 27.6. The molecule has 1 aliphatic rings. The summed E-state index contributed by atoms with van der Waals surface area (Å²) in [5.41, 5.74) is 2.76. The number of hydrogen-bond acceptors (Lipinski definition) is 2. The van der Waals surface area contributed by atoms with Gasteiger partial charge in [0.2, 0.25) is 5.91 Å². The molecule has 1 atom stereocenters. The van der Waals surface area contributed by atoms with Crippen molar-refractivity contribution in [3.63, 3.8) is 0 Å². The highest BCUT2D eigenvalue weighted by Gasteiger charge is 2.51. The number of carbonyl (C=O) groups excluding carboxylic acids is 1. The zero-order chi connectivity index (χ0) is 18.9. The highest BCUT2D eigenvalue weighted by Crippen LogP contribution is 2.48. The van der Waals surface area contributed by atoms with Gasteiger partial charge in [0, 0.05) is 18.3 Å². The summed E-state index contributed by atoms with van der Waals surface area (Å²) in [6.07, 6.45) is 0.112. The molecule has 4 rings (SSSR count). The van der Waals surface area contributed by atoms with E-state index in [0.717, 1.165) is 22.4 Å². The van der Waals surface area contributed by atoms with Gasteiger partial charge in [0.1, 0.15) is 0 Å². The minimum absolute atomic E-state index is 0.0404. The first-order valence-electron chi connectivity index (χ1n) is 9.25. The molecule has 1 amide bonds. The number of carbonyl (C=O) groups is 1. The average molecular weight is 357 g/mol. The van der Waals surface area contributed by atoms with Crippen LogP contribution >= 0.6 is 0 Å². The monoisotopic (exact) mass is 357 g/mol. The van der Waals surface area contributed by atoms with Crippen LogP contribution in [0.5, 0.6) is 0 Å². The molecule has 0 aliphatic carbocycles. The Morgan fingerprint density at radius 1 is 0.815 bits per heavy atom. The van der Waals surface area contributed by atoms with E-state index in [4.69, 9.17) is 0 Å². The molecule has 3 nitrogen and oxygen atoms in total. The van der Waals surface area contributed by atoms with Gasteiger partial charge < -0.3 is 10.0 Å². The summed E-state index contributed by atoms with van der Waals surface area (Å²) in [7, 11) is 1.80. The van der Waals surface area contributed by atoms with E-state index in [-0.39, 0.29) is 5.91 Å². The average Bonchev–Trinajstić information content (AvgIpc) is 2.72. The zero-order valence-electron chi connectivity index (χ0n) is 15.4. The highest BCUT2D eigenvalue weighted by molar-refractivity contribution is 6.01. The van der Waals surface area contributed by atoms with Crippen molar-refractivity contribution in [2.24, 2.45) is 5.41 Å². The van der Waals surface area contributed by atoms with Gasteiger partial charge in [0.05, 0.1) is 11.5 Å². The second-order valence-corrected chi connectivity index (χ2v) is 7.31. The third-order valence-electron chi connectivity index (χ3n) is 5.57. The molecule has 0 spiro atoms. The Balaban J connectivity index is 1.85. The number of para-hydroxylation sites is 1. The van der Waals surface area contributed by atoms with E-state index in [1.54, 1.807) is 11.9 Å². The molecule has 1 aliphatic heterocycles. The van der Waals surface area contributed by atoms with E-state index < -0.39 is 11.5 Å². The summed E-state index contributed by atoms with van der Waals surface area (Å²) in [4.78, 5) is 15.3. The highest BCUT2D eigenvalue weighted by atomic mass is 16.3. The summed E-state index contributed by atoms with van der Waals surface area (Å²) in [6.45, 7) is 0. The topological polar surface area (TPSA) is 40.5 Å². The van der Waals surface area contributed by atoms with Gasteiger partial charge in [0.15, 0.2) is 0 Å². The maximum atomic E-state index is 13.6. The Morgan fingerprint density at radius 3 is 1.85 bits per heavy atom. The molecule has 3 aromatic rings. The quantitative estimate of drug-likeness (QED) is 0.761. The van der Waals surface area contributed by atoms with E-state index in [9.17, 15) is 9.90 Å². The van der Waals surface area contributed by atoms with E-state index >= 15 is 0 Å². The SMILES string of the molecule is CN1C(=O)C(Cc2ccccc2)(Cc2ccccc2)C(O)c2ccccc21. The first kappa shape index (κ1) is 17.5. The fourth-order valence-electron chi connectivity index (χ4n) is 4.21. The Kier molecular flexibility index (Phi) is 4.54. The number of benzene rings is 3. The van der Waals surface area contributed by atoms with Crippen molar-refractivity contribution in [3.8, 4) is 0 Å². The predicted molar refractivity (Wildman–Crippen MR) is 108 cm³/mol. The Labute approximate surface area is 159 Å². The summed E-state index contributed by atoms with van der Waals surface area (Å²) in [5, 5.41) is 11.4. The molecule has 0 fully saturated rings. The number of rotatable bonds is 4. The molecule has 1 N–H and O–H groups in total. The summed E-state index contributed by atoms with van der Waals surface area (Å²) in [5.74, 6) is -0.0404. The lowest BCUT2D eigenvalue weighted by Gasteiger charge is -2.45. The van der Waals surface area contributed by atoms with Crippen molar-refractivity contribution in [2.45, 2.75) is 18.9 Å². The van der Waals surface area contributed by atoms with Gasteiger partial charge in [-0.25, -0.2) is 0 Å². The Bertz CT molecular complexity index is 895. The Hall–Kier alpha value is -2.91. The molecule has 0 aromatic heterocycles. The van der Waals surface area contributed by atoms with E-state index in [1.165, 1.54) is 0 Å². The van der Waals surface area contributed by atoms with Crippen molar-refractivity contribution in [3.05, 3.63) is 102 Å². The van der Waals surface area contributed by atoms with Gasteiger partial charge in [-0.3, -0.25) is 4.79 Å². The molecule has 1 heterocycles. The van der Waals surface area contributed by atoms with Crippen molar-refractivity contribution >= 4 is 11.6 Å². The molecule has 27 heavy (non-hydrogen) atoms. The molecular formula is C24H23NO2. The van der Waals surface area contributed by atoms with Crippen LogP contribution in [0.4, 0.5) is 5.69 Å². The van der Waals surface area contributed by atoms with Crippen LogP contribution in [0, 0.1) is 5.41 Å². The van der Waals surface area contributed by atoms with Crippen molar-refractivity contribution in [1.29, 1.82) is 0 Å². The number of amides is 1. The number of anilines is 1.